The van der Waals surface area contributed by atoms with Gasteiger partial charge in [0.2, 0.25) is 0 Å². The first-order chi connectivity index (χ1) is 10.1. The van der Waals surface area contributed by atoms with Crippen LogP contribution < -0.4 is 11.1 Å². The van der Waals surface area contributed by atoms with Gasteiger partial charge in [0.25, 0.3) is 0 Å². The van der Waals surface area contributed by atoms with Crippen LogP contribution in [0.15, 0.2) is 54.9 Å². The molecule has 0 saturated heterocycles. The smallest absolute Gasteiger partial charge is 0.337 e. The number of nitrogens with one attached hydrogen (secondary N) is 1. The third-order valence-electron chi connectivity index (χ3n) is 3.24. The minimum atomic E-state index is -1.03. The quantitative estimate of drug-likeness (QED) is 0.640. The van der Waals surface area contributed by atoms with Crippen molar-refractivity contribution in [3.63, 3.8) is 0 Å². The first kappa shape index (κ1) is 12.9. The molecule has 3 rings (SSSR count). The van der Waals surface area contributed by atoms with E-state index in [0.29, 0.717) is 0 Å². The largest absolute Gasteiger partial charge is 0.478 e. The van der Waals surface area contributed by atoms with Crippen molar-refractivity contribution in [2.45, 2.75) is 0 Å². The molecule has 5 heteroatoms. The first-order valence-corrected chi connectivity index (χ1v) is 6.38. The Kier molecular flexibility index (Phi) is 3.16. The molecule has 0 spiro atoms. The molecule has 0 saturated carbocycles. The molecule has 0 unspecified atom stereocenters. The number of anilines is 3. The molecule has 1 heterocycles. The number of nitrogen functional groups attached to an aromatic ring is 1. The van der Waals surface area contributed by atoms with Gasteiger partial charge < -0.3 is 16.2 Å². The van der Waals surface area contributed by atoms with E-state index < -0.39 is 5.97 Å². The third-order valence-corrected chi connectivity index (χ3v) is 3.24. The number of benzene rings is 2. The molecule has 0 fully saturated rings. The number of aromatic carboxylic acids is 1. The normalized spacial score (nSPS) is 10.5. The maximum Gasteiger partial charge on any atom is 0.337 e. The maximum atomic E-state index is 11.0. The summed E-state index contributed by atoms with van der Waals surface area (Å²) in [5.74, 6) is -1.03. The number of pyridine rings is 1. The molecule has 1 aromatic heterocycles. The van der Waals surface area contributed by atoms with Gasteiger partial charge in [-0.05, 0) is 30.3 Å². The summed E-state index contributed by atoms with van der Waals surface area (Å²) < 4.78 is 0. The van der Waals surface area contributed by atoms with Gasteiger partial charge in [-0.15, -0.1) is 0 Å². The van der Waals surface area contributed by atoms with Gasteiger partial charge in [0.15, 0.2) is 0 Å². The Morgan fingerprint density at radius 2 is 2.05 bits per heavy atom. The Balaban J connectivity index is 1.99. The standard InChI is InChI=1S/C16H13N3O2/c17-14-8-11(4-5-13(14)16(20)21)19-15-3-1-2-10-9-18-7-6-12(10)15/h1-9,19H,17H2,(H,20,21). The molecule has 0 bridgehead atoms. The average molecular weight is 279 g/mol. The van der Waals surface area contributed by atoms with Crippen LogP contribution >= 0.6 is 0 Å². The van der Waals surface area contributed by atoms with Crippen molar-refractivity contribution >= 4 is 33.8 Å². The van der Waals surface area contributed by atoms with Gasteiger partial charge in [-0.2, -0.15) is 0 Å². The van der Waals surface area contributed by atoms with E-state index in [-0.39, 0.29) is 11.3 Å². The fraction of sp³-hybridized carbons (Fsp3) is 0. The second-order valence-corrected chi connectivity index (χ2v) is 4.63. The summed E-state index contributed by atoms with van der Waals surface area (Å²) in [6.45, 7) is 0. The Morgan fingerprint density at radius 3 is 2.81 bits per heavy atom. The first-order valence-electron chi connectivity index (χ1n) is 6.38. The molecule has 0 aliphatic heterocycles. The van der Waals surface area contributed by atoms with Crippen molar-refractivity contribution in [1.82, 2.24) is 4.98 Å². The molecule has 0 amide bonds. The second kappa shape index (κ2) is 5.13. The van der Waals surface area contributed by atoms with Gasteiger partial charge in [0, 0.05) is 40.2 Å². The van der Waals surface area contributed by atoms with Crippen LogP contribution in [0.5, 0.6) is 0 Å². The van der Waals surface area contributed by atoms with Crippen LogP contribution in [-0.2, 0) is 0 Å². The highest BCUT2D eigenvalue weighted by atomic mass is 16.4. The number of carboxylic acid groups (broad SMARTS) is 1. The number of carboxylic acids is 1. The predicted molar refractivity (Wildman–Crippen MR) is 82.8 cm³/mol. The van der Waals surface area contributed by atoms with E-state index >= 15 is 0 Å². The third kappa shape index (κ3) is 2.49. The van der Waals surface area contributed by atoms with E-state index in [1.165, 1.54) is 6.07 Å². The van der Waals surface area contributed by atoms with E-state index in [0.717, 1.165) is 22.1 Å². The summed E-state index contributed by atoms with van der Waals surface area (Å²) in [6.07, 6.45) is 3.53. The van der Waals surface area contributed by atoms with E-state index in [9.17, 15) is 4.79 Å². The molecule has 0 atom stereocenters. The highest BCUT2D eigenvalue weighted by Crippen LogP contribution is 2.27. The predicted octanol–water partition coefficient (Wildman–Crippen LogP) is 3.26. The Morgan fingerprint density at radius 1 is 1.19 bits per heavy atom. The van der Waals surface area contributed by atoms with Crippen molar-refractivity contribution in [2.24, 2.45) is 0 Å². The molecular weight excluding hydrogens is 266 g/mol. The minimum absolute atomic E-state index is 0.0997. The molecule has 0 aliphatic rings. The summed E-state index contributed by atoms with van der Waals surface area (Å²) in [7, 11) is 0. The molecule has 3 aromatic rings. The zero-order valence-electron chi connectivity index (χ0n) is 11.1. The lowest BCUT2D eigenvalue weighted by molar-refractivity contribution is 0.0698. The lowest BCUT2D eigenvalue weighted by atomic mass is 10.1. The monoisotopic (exact) mass is 279 g/mol. The van der Waals surface area contributed by atoms with Crippen LogP contribution in [0.3, 0.4) is 0 Å². The molecule has 2 aromatic carbocycles. The number of rotatable bonds is 3. The Hall–Kier alpha value is -3.08. The van der Waals surface area contributed by atoms with Crippen LogP contribution in [-0.4, -0.2) is 16.1 Å². The summed E-state index contributed by atoms with van der Waals surface area (Å²) in [5.41, 5.74) is 7.74. The lowest BCUT2D eigenvalue weighted by Gasteiger charge is -2.11. The van der Waals surface area contributed by atoms with E-state index in [2.05, 4.69) is 10.3 Å². The van der Waals surface area contributed by atoms with Crippen molar-refractivity contribution in [2.75, 3.05) is 11.1 Å². The number of carbonyl (C=O) groups is 1. The topological polar surface area (TPSA) is 88.2 Å². The molecule has 21 heavy (non-hydrogen) atoms. The molecular formula is C16H13N3O2. The summed E-state index contributed by atoms with van der Waals surface area (Å²) >= 11 is 0. The number of fused-ring (bicyclic) bond motifs is 1. The zero-order chi connectivity index (χ0) is 14.8. The van der Waals surface area contributed by atoms with Gasteiger partial charge in [-0.3, -0.25) is 4.98 Å². The van der Waals surface area contributed by atoms with Crippen LogP contribution in [0.2, 0.25) is 0 Å². The SMILES string of the molecule is Nc1cc(Nc2cccc3cnccc23)ccc1C(=O)O. The fourth-order valence-corrected chi connectivity index (χ4v) is 2.22. The summed E-state index contributed by atoms with van der Waals surface area (Å²) in [6, 6.07) is 12.6. The van der Waals surface area contributed by atoms with Crippen LogP contribution in [0, 0.1) is 0 Å². The number of aromatic nitrogens is 1. The molecule has 104 valence electrons. The van der Waals surface area contributed by atoms with Crippen LogP contribution in [0.4, 0.5) is 17.1 Å². The number of nitrogens with zero attached hydrogens (tertiary/aromatic N) is 1. The van der Waals surface area contributed by atoms with E-state index in [1.54, 1.807) is 24.5 Å². The van der Waals surface area contributed by atoms with E-state index in [4.69, 9.17) is 10.8 Å². The van der Waals surface area contributed by atoms with Gasteiger partial charge in [0.1, 0.15) is 0 Å². The van der Waals surface area contributed by atoms with Crippen molar-refractivity contribution in [1.29, 1.82) is 0 Å². The maximum absolute atomic E-state index is 11.0. The van der Waals surface area contributed by atoms with Crippen molar-refractivity contribution in [3.05, 3.63) is 60.4 Å². The van der Waals surface area contributed by atoms with Gasteiger partial charge in [-0.25, -0.2) is 4.79 Å². The van der Waals surface area contributed by atoms with Gasteiger partial charge in [-0.1, -0.05) is 12.1 Å². The fourth-order valence-electron chi connectivity index (χ4n) is 2.22. The van der Waals surface area contributed by atoms with Gasteiger partial charge >= 0.3 is 5.97 Å². The van der Waals surface area contributed by atoms with Crippen molar-refractivity contribution in [3.8, 4) is 0 Å². The van der Waals surface area contributed by atoms with Crippen LogP contribution in [0.1, 0.15) is 10.4 Å². The molecule has 4 N–H and O–H groups in total. The summed E-state index contributed by atoms with van der Waals surface area (Å²) in [4.78, 5) is 15.1. The highest BCUT2D eigenvalue weighted by molar-refractivity contribution is 5.97. The van der Waals surface area contributed by atoms with Gasteiger partial charge in [0.05, 0.1) is 5.56 Å². The Labute approximate surface area is 121 Å². The van der Waals surface area contributed by atoms with E-state index in [1.807, 2.05) is 24.3 Å². The zero-order valence-corrected chi connectivity index (χ0v) is 11.1. The molecule has 5 nitrogen and oxygen atoms in total. The minimum Gasteiger partial charge on any atom is -0.478 e. The molecule has 0 radical (unpaired) electrons. The lowest BCUT2D eigenvalue weighted by Crippen LogP contribution is -2.03. The number of nitrogens with two attached hydrogens (primary N) is 1. The summed E-state index contributed by atoms with van der Waals surface area (Å²) in [5, 5.41) is 14.3. The number of hydrogen-bond donors (Lipinski definition) is 3. The second-order valence-electron chi connectivity index (χ2n) is 4.63. The Bertz CT molecular complexity index is 825. The number of hydrogen-bond acceptors (Lipinski definition) is 4. The van der Waals surface area contributed by atoms with Crippen LogP contribution in [0.25, 0.3) is 10.8 Å². The average Bonchev–Trinajstić information content (AvgIpc) is 2.47. The molecule has 0 aliphatic carbocycles. The van der Waals surface area contributed by atoms with Crippen molar-refractivity contribution < 1.29 is 9.90 Å². The highest BCUT2D eigenvalue weighted by Gasteiger charge is 2.08.